The van der Waals surface area contributed by atoms with Crippen molar-refractivity contribution in [1.29, 1.82) is 0 Å². The molecular formula is C18H26N2O3. The summed E-state index contributed by atoms with van der Waals surface area (Å²) in [6, 6.07) is 7.22. The van der Waals surface area contributed by atoms with E-state index in [-0.39, 0.29) is 17.7 Å². The fourth-order valence-electron chi connectivity index (χ4n) is 2.66. The Labute approximate surface area is 137 Å². The van der Waals surface area contributed by atoms with E-state index in [0.717, 1.165) is 24.8 Å². The number of nitrogens with one attached hydrogen (secondary N) is 1. The van der Waals surface area contributed by atoms with Gasteiger partial charge in [-0.2, -0.15) is 0 Å². The van der Waals surface area contributed by atoms with Crippen LogP contribution in [0.5, 0.6) is 0 Å². The molecule has 2 rings (SSSR count). The highest BCUT2D eigenvalue weighted by Crippen LogP contribution is 2.30. The molecule has 126 valence electrons. The molecule has 1 saturated carbocycles. The summed E-state index contributed by atoms with van der Waals surface area (Å²) in [6.45, 7) is 4.59. The maximum atomic E-state index is 12.1. The van der Waals surface area contributed by atoms with E-state index in [4.69, 9.17) is 0 Å². The Kier molecular flexibility index (Phi) is 5.42. The summed E-state index contributed by atoms with van der Waals surface area (Å²) in [5, 5.41) is 12.8. The Morgan fingerprint density at radius 1 is 1.26 bits per heavy atom. The molecule has 1 fully saturated rings. The van der Waals surface area contributed by atoms with Gasteiger partial charge in [0.25, 0.3) is 5.91 Å². The molecule has 0 bridgehead atoms. The number of nitrogens with zero attached hydrogens (tertiary/aromatic N) is 1. The van der Waals surface area contributed by atoms with Crippen molar-refractivity contribution in [1.82, 2.24) is 10.2 Å². The number of amides is 2. The lowest BCUT2D eigenvalue weighted by atomic mass is 9.80. The molecule has 0 radical (unpaired) electrons. The van der Waals surface area contributed by atoms with Crippen LogP contribution in [0.4, 0.5) is 0 Å². The molecule has 1 aliphatic carbocycles. The summed E-state index contributed by atoms with van der Waals surface area (Å²) in [7, 11) is 1.78. The molecule has 0 spiro atoms. The highest BCUT2D eigenvalue weighted by molar-refractivity contribution is 5.94. The van der Waals surface area contributed by atoms with Crippen LogP contribution in [0.2, 0.25) is 0 Å². The summed E-state index contributed by atoms with van der Waals surface area (Å²) in [4.78, 5) is 25.6. The third-order valence-corrected chi connectivity index (χ3v) is 4.37. The zero-order valence-electron chi connectivity index (χ0n) is 14.1. The molecular weight excluding hydrogens is 292 g/mol. The van der Waals surface area contributed by atoms with Gasteiger partial charge in [-0.05, 0) is 37.0 Å². The standard InChI is InChI=1S/C18H26N2O3/c1-13(2)17(22)20(3)11-14-5-7-15(8-6-14)16(21)19-12-18(23)9-4-10-18/h5-8,13,23H,4,9-12H2,1-3H3,(H,19,21). The van der Waals surface area contributed by atoms with Gasteiger partial charge in [0.15, 0.2) is 0 Å². The van der Waals surface area contributed by atoms with E-state index in [2.05, 4.69) is 5.32 Å². The lowest BCUT2D eigenvalue weighted by Gasteiger charge is -2.36. The Morgan fingerprint density at radius 2 is 1.87 bits per heavy atom. The maximum Gasteiger partial charge on any atom is 0.251 e. The fraction of sp³-hybridized carbons (Fsp3) is 0.556. The van der Waals surface area contributed by atoms with E-state index in [9.17, 15) is 14.7 Å². The van der Waals surface area contributed by atoms with Gasteiger partial charge >= 0.3 is 0 Å². The number of rotatable bonds is 6. The Hall–Kier alpha value is -1.88. The van der Waals surface area contributed by atoms with Crippen molar-refractivity contribution in [2.75, 3.05) is 13.6 Å². The Balaban J connectivity index is 1.88. The van der Waals surface area contributed by atoms with Crippen LogP contribution in [0.15, 0.2) is 24.3 Å². The topological polar surface area (TPSA) is 69.6 Å². The largest absolute Gasteiger partial charge is 0.388 e. The molecule has 0 aliphatic heterocycles. The van der Waals surface area contributed by atoms with Crippen LogP contribution < -0.4 is 5.32 Å². The van der Waals surface area contributed by atoms with Gasteiger partial charge in [0.05, 0.1) is 5.60 Å². The second-order valence-electron chi connectivity index (χ2n) is 6.81. The van der Waals surface area contributed by atoms with Gasteiger partial charge in [-0.1, -0.05) is 26.0 Å². The average Bonchev–Trinajstić information content (AvgIpc) is 2.50. The van der Waals surface area contributed by atoms with E-state index in [1.807, 2.05) is 26.0 Å². The third-order valence-electron chi connectivity index (χ3n) is 4.37. The van der Waals surface area contributed by atoms with Gasteiger partial charge in [0.1, 0.15) is 0 Å². The van der Waals surface area contributed by atoms with E-state index < -0.39 is 5.60 Å². The van der Waals surface area contributed by atoms with E-state index in [0.29, 0.717) is 18.7 Å². The predicted molar refractivity (Wildman–Crippen MR) is 88.9 cm³/mol. The van der Waals surface area contributed by atoms with Crippen LogP contribution >= 0.6 is 0 Å². The van der Waals surface area contributed by atoms with Crippen molar-refractivity contribution in [3.05, 3.63) is 35.4 Å². The Bertz CT molecular complexity index is 562. The number of hydrogen-bond acceptors (Lipinski definition) is 3. The number of carbonyl (C=O) groups is 2. The zero-order chi connectivity index (χ0) is 17.0. The van der Waals surface area contributed by atoms with Crippen LogP contribution in [0.1, 0.15) is 49.0 Å². The molecule has 2 N–H and O–H groups in total. The van der Waals surface area contributed by atoms with Gasteiger partial charge in [-0.15, -0.1) is 0 Å². The van der Waals surface area contributed by atoms with Gasteiger partial charge < -0.3 is 15.3 Å². The van der Waals surface area contributed by atoms with Crippen molar-refractivity contribution in [3.8, 4) is 0 Å². The van der Waals surface area contributed by atoms with Gasteiger partial charge in [-0.25, -0.2) is 0 Å². The van der Waals surface area contributed by atoms with Crippen molar-refractivity contribution >= 4 is 11.8 Å². The summed E-state index contributed by atoms with van der Waals surface area (Å²) in [6.07, 6.45) is 2.52. The molecule has 0 unspecified atom stereocenters. The highest BCUT2D eigenvalue weighted by atomic mass is 16.3. The number of aliphatic hydroxyl groups is 1. The second kappa shape index (κ2) is 7.13. The molecule has 0 atom stereocenters. The van der Waals surface area contributed by atoms with Crippen LogP contribution in [0, 0.1) is 5.92 Å². The van der Waals surface area contributed by atoms with Crippen molar-refractivity contribution in [2.24, 2.45) is 5.92 Å². The minimum absolute atomic E-state index is 0.0256. The third kappa shape index (κ3) is 4.55. The number of carbonyl (C=O) groups excluding carboxylic acids is 2. The highest BCUT2D eigenvalue weighted by Gasteiger charge is 2.34. The normalized spacial score (nSPS) is 15.9. The maximum absolute atomic E-state index is 12.1. The Morgan fingerprint density at radius 3 is 2.35 bits per heavy atom. The first-order valence-corrected chi connectivity index (χ1v) is 8.15. The molecule has 5 nitrogen and oxygen atoms in total. The minimum Gasteiger partial charge on any atom is -0.388 e. The molecule has 5 heteroatoms. The number of hydrogen-bond donors (Lipinski definition) is 2. The molecule has 0 heterocycles. The quantitative estimate of drug-likeness (QED) is 0.842. The molecule has 1 aromatic carbocycles. The van der Waals surface area contributed by atoms with Gasteiger partial charge in [0, 0.05) is 31.6 Å². The predicted octanol–water partition coefficient (Wildman–Crippen LogP) is 1.95. The summed E-state index contributed by atoms with van der Waals surface area (Å²) >= 11 is 0. The monoisotopic (exact) mass is 318 g/mol. The average molecular weight is 318 g/mol. The first-order chi connectivity index (χ1) is 10.8. The van der Waals surface area contributed by atoms with Crippen LogP contribution in [-0.4, -0.2) is 41.0 Å². The first-order valence-electron chi connectivity index (χ1n) is 8.15. The molecule has 1 aliphatic rings. The lowest BCUT2D eigenvalue weighted by molar-refractivity contribution is -0.133. The molecule has 23 heavy (non-hydrogen) atoms. The molecule has 1 aromatic rings. The summed E-state index contributed by atoms with van der Waals surface area (Å²) < 4.78 is 0. The van der Waals surface area contributed by atoms with E-state index in [1.165, 1.54) is 0 Å². The summed E-state index contributed by atoms with van der Waals surface area (Å²) in [5.74, 6) is -0.105. The lowest BCUT2D eigenvalue weighted by Crippen LogP contribution is -2.47. The van der Waals surface area contributed by atoms with Crippen LogP contribution in [0.3, 0.4) is 0 Å². The number of benzene rings is 1. The van der Waals surface area contributed by atoms with Crippen molar-refractivity contribution < 1.29 is 14.7 Å². The molecule has 0 aromatic heterocycles. The smallest absolute Gasteiger partial charge is 0.251 e. The van der Waals surface area contributed by atoms with Crippen molar-refractivity contribution in [2.45, 2.75) is 45.3 Å². The van der Waals surface area contributed by atoms with Crippen LogP contribution in [0.25, 0.3) is 0 Å². The summed E-state index contributed by atoms with van der Waals surface area (Å²) in [5.41, 5.74) is 0.834. The minimum atomic E-state index is -0.713. The van der Waals surface area contributed by atoms with E-state index in [1.54, 1.807) is 24.1 Å². The fourth-order valence-corrected chi connectivity index (χ4v) is 2.66. The van der Waals surface area contributed by atoms with Crippen molar-refractivity contribution in [3.63, 3.8) is 0 Å². The second-order valence-corrected chi connectivity index (χ2v) is 6.81. The van der Waals surface area contributed by atoms with E-state index >= 15 is 0 Å². The molecule has 2 amide bonds. The zero-order valence-corrected chi connectivity index (χ0v) is 14.1. The SMILES string of the molecule is CC(C)C(=O)N(C)Cc1ccc(C(=O)NCC2(O)CCC2)cc1. The molecule has 0 saturated heterocycles. The van der Waals surface area contributed by atoms with Gasteiger partial charge in [0.2, 0.25) is 5.91 Å². The first kappa shape index (κ1) is 17.5. The van der Waals surface area contributed by atoms with Gasteiger partial charge in [-0.3, -0.25) is 9.59 Å². The van der Waals surface area contributed by atoms with Crippen LogP contribution in [-0.2, 0) is 11.3 Å².